The average molecular weight is 454 g/mol. The standard InChI is InChI=1S/C24H22N8O2/c25-16-18-6-8-19(9-7-18)27-21(33)17-32-24(34)31-11-10-26-22(23(31)28-32)30-14-12-29(13-15-30)20-4-2-1-3-5-20/h1-11H,12-15,17H2,(H,27,33). The average Bonchev–Trinajstić information content (AvgIpc) is 3.20. The molecule has 0 saturated carbocycles. The Morgan fingerprint density at radius 1 is 1.00 bits per heavy atom. The first-order chi connectivity index (χ1) is 16.6. The van der Waals surface area contributed by atoms with Crippen molar-refractivity contribution in [3.8, 4) is 6.07 Å². The van der Waals surface area contributed by atoms with Gasteiger partial charge in [0.1, 0.15) is 6.54 Å². The molecule has 170 valence electrons. The fourth-order valence-electron chi connectivity index (χ4n) is 4.04. The Balaban J connectivity index is 1.32. The number of rotatable bonds is 5. The number of amides is 1. The van der Waals surface area contributed by atoms with E-state index in [1.54, 1.807) is 36.7 Å². The molecule has 1 aliphatic heterocycles. The number of aromatic nitrogens is 4. The lowest BCUT2D eigenvalue weighted by Gasteiger charge is -2.36. The monoisotopic (exact) mass is 454 g/mol. The summed E-state index contributed by atoms with van der Waals surface area (Å²) in [5.41, 5.74) is 2.24. The van der Waals surface area contributed by atoms with Crippen molar-refractivity contribution in [3.63, 3.8) is 0 Å². The van der Waals surface area contributed by atoms with Crippen molar-refractivity contribution in [1.82, 2.24) is 19.2 Å². The van der Waals surface area contributed by atoms with Crippen LogP contribution in [0.1, 0.15) is 5.56 Å². The Kier molecular flexibility index (Phi) is 5.66. The van der Waals surface area contributed by atoms with Crippen molar-refractivity contribution in [2.45, 2.75) is 6.54 Å². The second-order valence-corrected chi connectivity index (χ2v) is 7.93. The minimum absolute atomic E-state index is 0.234. The maximum atomic E-state index is 12.9. The second-order valence-electron chi connectivity index (χ2n) is 7.93. The highest BCUT2D eigenvalue weighted by atomic mass is 16.2. The van der Waals surface area contributed by atoms with Crippen LogP contribution in [-0.2, 0) is 11.3 Å². The summed E-state index contributed by atoms with van der Waals surface area (Å²) in [5, 5.41) is 16.0. The molecule has 4 aromatic rings. The van der Waals surface area contributed by atoms with Crippen molar-refractivity contribution in [2.24, 2.45) is 0 Å². The van der Waals surface area contributed by atoms with E-state index in [0.717, 1.165) is 30.9 Å². The van der Waals surface area contributed by atoms with Crippen LogP contribution in [0.5, 0.6) is 0 Å². The largest absolute Gasteiger partial charge is 0.368 e. The Bertz CT molecular complexity index is 1410. The molecule has 10 nitrogen and oxygen atoms in total. The predicted molar refractivity (Wildman–Crippen MR) is 128 cm³/mol. The maximum absolute atomic E-state index is 12.9. The third-order valence-electron chi connectivity index (χ3n) is 5.77. The molecule has 1 amide bonds. The van der Waals surface area contributed by atoms with Crippen molar-refractivity contribution in [3.05, 3.63) is 83.0 Å². The highest BCUT2D eigenvalue weighted by molar-refractivity contribution is 5.90. The summed E-state index contributed by atoms with van der Waals surface area (Å²) in [6.07, 6.45) is 3.14. The van der Waals surface area contributed by atoms with Gasteiger partial charge in [-0.15, -0.1) is 5.10 Å². The number of fused-ring (bicyclic) bond motifs is 1. The summed E-state index contributed by atoms with van der Waals surface area (Å²) >= 11 is 0. The fraction of sp³-hybridized carbons (Fsp3) is 0.208. The highest BCUT2D eigenvalue weighted by Crippen LogP contribution is 2.21. The summed E-state index contributed by atoms with van der Waals surface area (Å²) < 4.78 is 2.56. The van der Waals surface area contributed by atoms with Gasteiger partial charge in [-0.05, 0) is 36.4 Å². The Morgan fingerprint density at radius 3 is 2.41 bits per heavy atom. The number of carbonyl (C=O) groups excluding carboxylic acids is 1. The molecule has 5 rings (SSSR count). The third kappa shape index (κ3) is 4.19. The lowest BCUT2D eigenvalue weighted by Crippen LogP contribution is -2.47. The molecule has 1 aliphatic rings. The van der Waals surface area contributed by atoms with Gasteiger partial charge in [0.2, 0.25) is 11.6 Å². The molecule has 0 spiro atoms. The van der Waals surface area contributed by atoms with Gasteiger partial charge in [0.25, 0.3) is 0 Å². The van der Waals surface area contributed by atoms with Gasteiger partial charge >= 0.3 is 5.69 Å². The summed E-state index contributed by atoms with van der Waals surface area (Å²) in [5.74, 6) is 0.236. The number of nitrogens with zero attached hydrogens (tertiary/aromatic N) is 7. The van der Waals surface area contributed by atoms with Gasteiger partial charge in [-0.2, -0.15) is 5.26 Å². The lowest BCUT2D eigenvalue weighted by molar-refractivity contribution is -0.117. The van der Waals surface area contributed by atoms with E-state index in [1.807, 2.05) is 24.3 Å². The topological polar surface area (TPSA) is 112 Å². The zero-order valence-electron chi connectivity index (χ0n) is 18.3. The van der Waals surface area contributed by atoms with Gasteiger partial charge in [0.15, 0.2) is 5.82 Å². The molecule has 1 N–H and O–H groups in total. The number of para-hydroxylation sites is 1. The minimum atomic E-state index is -0.406. The SMILES string of the molecule is N#Cc1ccc(NC(=O)Cn2nc3c(N4CCN(c5ccccc5)CC4)nccn3c2=O)cc1. The number of piperazine rings is 1. The van der Waals surface area contributed by atoms with Gasteiger partial charge in [0.05, 0.1) is 11.6 Å². The lowest BCUT2D eigenvalue weighted by atomic mass is 10.2. The van der Waals surface area contributed by atoms with Crippen molar-refractivity contribution < 1.29 is 4.79 Å². The molecule has 0 unspecified atom stereocenters. The summed E-state index contributed by atoms with van der Waals surface area (Å²) in [6, 6.07) is 18.8. The van der Waals surface area contributed by atoms with Crippen LogP contribution >= 0.6 is 0 Å². The first kappa shape index (κ1) is 21.2. The van der Waals surface area contributed by atoms with Gasteiger partial charge in [-0.1, -0.05) is 18.2 Å². The Morgan fingerprint density at radius 2 is 1.71 bits per heavy atom. The van der Waals surface area contributed by atoms with Gasteiger partial charge in [0, 0.05) is 49.9 Å². The molecule has 10 heteroatoms. The van der Waals surface area contributed by atoms with E-state index in [9.17, 15) is 9.59 Å². The van der Waals surface area contributed by atoms with Crippen LogP contribution in [0, 0.1) is 11.3 Å². The summed E-state index contributed by atoms with van der Waals surface area (Å²) in [4.78, 5) is 34.3. The van der Waals surface area contributed by atoms with E-state index in [4.69, 9.17) is 5.26 Å². The number of carbonyl (C=O) groups is 1. The zero-order chi connectivity index (χ0) is 23.5. The molecular weight excluding hydrogens is 432 g/mol. The number of anilines is 3. The molecule has 0 atom stereocenters. The van der Waals surface area contributed by atoms with Crippen molar-refractivity contribution in [1.29, 1.82) is 5.26 Å². The quantitative estimate of drug-likeness (QED) is 0.489. The summed E-state index contributed by atoms with van der Waals surface area (Å²) in [6.45, 7) is 2.89. The molecule has 0 radical (unpaired) electrons. The van der Waals surface area contributed by atoms with Gasteiger partial charge < -0.3 is 15.1 Å². The zero-order valence-corrected chi connectivity index (χ0v) is 18.3. The molecule has 1 fully saturated rings. The molecule has 0 bridgehead atoms. The number of benzene rings is 2. The van der Waals surface area contributed by atoms with E-state index in [2.05, 4.69) is 37.3 Å². The molecule has 3 heterocycles. The van der Waals surface area contributed by atoms with Crippen LogP contribution in [0.2, 0.25) is 0 Å². The van der Waals surface area contributed by atoms with Gasteiger partial charge in [-0.3, -0.25) is 4.79 Å². The maximum Gasteiger partial charge on any atom is 0.350 e. The summed E-state index contributed by atoms with van der Waals surface area (Å²) in [7, 11) is 0. The van der Waals surface area contributed by atoms with Crippen LogP contribution in [0.3, 0.4) is 0 Å². The van der Waals surface area contributed by atoms with Gasteiger partial charge in [-0.25, -0.2) is 18.9 Å². The normalized spacial score (nSPS) is 13.6. The number of hydrogen-bond acceptors (Lipinski definition) is 7. The van der Waals surface area contributed by atoms with Crippen molar-refractivity contribution in [2.75, 3.05) is 41.3 Å². The molecule has 2 aromatic carbocycles. The first-order valence-corrected chi connectivity index (χ1v) is 10.9. The van der Waals surface area contributed by atoms with E-state index >= 15 is 0 Å². The van der Waals surface area contributed by atoms with E-state index in [0.29, 0.717) is 22.7 Å². The van der Waals surface area contributed by atoms with Crippen LogP contribution in [0.25, 0.3) is 5.65 Å². The molecule has 34 heavy (non-hydrogen) atoms. The van der Waals surface area contributed by atoms with Crippen LogP contribution < -0.4 is 20.8 Å². The van der Waals surface area contributed by atoms with Crippen molar-refractivity contribution >= 4 is 28.7 Å². The Hall–Kier alpha value is -4.65. The Labute approximate surface area is 195 Å². The third-order valence-corrected chi connectivity index (χ3v) is 5.77. The molecule has 1 saturated heterocycles. The number of nitrogens with one attached hydrogen (secondary N) is 1. The molecule has 2 aromatic heterocycles. The smallest absolute Gasteiger partial charge is 0.350 e. The van der Waals surface area contributed by atoms with Crippen LogP contribution in [0.15, 0.2) is 71.8 Å². The first-order valence-electron chi connectivity index (χ1n) is 10.9. The highest BCUT2D eigenvalue weighted by Gasteiger charge is 2.22. The van der Waals surface area contributed by atoms with E-state index < -0.39 is 5.69 Å². The molecular formula is C24H22N8O2. The molecule has 0 aliphatic carbocycles. The number of nitriles is 1. The van der Waals surface area contributed by atoms with E-state index in [-0.39, 0.29) is 12.5 Å². The predicted octanol–water partition coefficient (Wildman–Crippen LogP) is 1.73. The number of hydrogen-bond donors (Lipinski definition) is 1. The second kappa shape index (κ2) is 9.07. The van der Waals surface area contributed by atoms with Crippen LogP contribution in [-0.4, -0.2) is 51.3 Å². The van der Waals surface area contributed by atoms with E-state index in [1.165, 1.54) is 10.1 Å². The fourth-order valence-corrected chi connectivity index (χ4v) is 4.04. The minimum Gasteiger partial charge on any atom is -0.368 e. The van der Waals surface area contributed by atoms with Crippen LogP contribution in [0.4, 0.5) is 17.2 Å².